The van der Waals surface area contributed by atoms with Crippen molar-refractivity contribution in [2.24, 2.45) is 0 Å². The molecule has 1 heterocycles. The van der Waals surface area contributed by atoms with Crippen LogP contribution in [0.25, 0.3) is 0 Å². The first-order valence-corrected chi connectivity index (χ1v) is 5.56. The molecule has 1 aromatic heterocycles. The Morgan fingerprint density at radius 1 is 1.38 bits per heavy atom. The zero-order valence-corrected chi connectivity index (χ0v) is 9.35. The van der Waals surface area contributed by atoms with Gasteiger partial charge in [0.05, 0.1) is 15.3 Å². The summed E-state index contributed by atoms with van der Waals surface area (Å²) in [6.45, 7) is 1.60. The second-order valence-corrected chi connectivity index (χ2v) is 4.86. The first kappa shape index (κ1) is 11.3. The van der Waals surface area contributed by atoms with Gasteiger partial charge in [-0.05, 0) is 24.6 Å². The Morgan fingerprint density at radius 3 is 2.69 bits per heavy atom. The van der Waals surface area contributed by atoms with Crippen LogP contribution in [0.4, 0.5) is 0 Å². The summed E-state index contributed by atoms with van der Waals surface area (Å²) in [6.07, 6.45) is 0.849. The first-order chi connectivity index (χ1) is 6.24. The van der Waals surface area contributed by atoms with Gasteiger partial charge in [-0.1, -0.05) is 23.2 Å². The van der Waals surface area contributed by atoms with Crippen LogP contribution in [-0.4, -0.2) is 24.8 Å². The molecule has 2 nitrogen and oxygen atoms in total. The van der Waals surface area contributed by atoms with Crippen LogP contribution < -0.4 is 5.32 Å². The molecule has 0 saturated carbocycles. The highest BCUT2D eigenvalue weighted by atomic mass is 35.5. The molecule has 0 aliphatic heterocycles. The minimum atomic E-state index is 0.165. The van der Waals surface area contributed by atoms with Crippen molar-refractivity contribution in [3.8, 4) is 0 Å². The Kier molecular flexibility index (Phi) is 5.06. The molecular weight excluding hydrogens is 229 g/mol. The highest BCUT2D eigenvalue weighted by Gasteiger charge is 2.04. The van der Waals surface area contributed by atoms with Gasteiger partial charge in [0.15, 0.2) is 0 Å². The molecule has 0 aliphatic carbocycles. The predicted octanol–water partition coefficient (Wildman–Crippen LogP) is 2.18. The van der Waals surface area contributed by atoms with E-state index in [9.17, 15) is 0 Å². The van der Waals surface area contributed by atoms with Crippen LogP contribution in [0.5, 0.6) is 0 Å². The van der Waals surface area contributed by atoms with E-state index < -0.39 is 0 Å². The summed E-state index contributed by atoms with van der Waals surface area (Å²) < 4.78 is 1.48. The number of hydrogen-bond acceptors (Lipinski definition) is 3. The molecule has 0 saturated heterocycles. The zero-order valence-electron chi connectivity index (χ0n) is 7.02. The SMILES string of the molecule is OCCNCCc1cc(Cl)sc1Cl. The van der Waals surface area contributed by atoms with Crippen molar-refractivity contribution in [3.05, 3.63) is 20.3 Å². The van der Waals surface area contributed by atoms with E-state index >= 15 is 0 Å². The van der Waals surface area contributed by atoms with Crippen LogP contribution >= 0.6 is 34.5 Å². The summed E-state index contributed by atoms with van der Waals surface area (Å²) in [7, 11) is 0. The maximum atomic E-state index is 8.51. The van der Waals surface area contributed by atoms with E-state index in [1.54, 1.807) is 0 Å². The fourth-order valence-corrected chi connectivity index (χ4v) is 2.52. The van der Waals surface area contributed by atoms with Crippen molar-refractivity contribution in [2.75, 3.05) is 19.7 Å². The lowest BCUT2D eigenvalue weighted by atomic mass is 10.2. The van der Waals surface area contributed by atoms with E-state index in [1.807, 2.05) is 6.07 Å². The van der Waals surface area contributed by atoms with Crippen molar-refractivity contribution in [1.29, 1.82) is 0 Å². The Labute approximate surface area is 91.5 Å². The van der Waals surface area contributed by atoms with Crippen LogP contribution in [0.2, 0.25) is 8.67 Å². The van der Waals surface area contributed by atoms with Gasteiger partial charge in [-0.3, -0.25) is 0 Å². The van der Waals surface area contributed by atoms with E-state index in [-0.39, 0.29) is 6.61 Å². The van der Waals surface area contributed by atoms with Crippen LogP contribution in [-0.2, 0) is 6.42 Å². The molecule has 0 bridgehead atoms. The van der Waals surface area contributed by atoms with Crippen molar-refractivity contribution < 1.29 is 5.11 Å². The third-order valence-electron chi connectivity index (χ3n) is 1.59. The maximum absolute atomic E-state index is 8.51. The Bertz CT molecular complexity index is 265. The minimum Gasteiger partial charge on any atom is -0.395 e. The molecule has 5 heteroatoms. The average molecular weight is 240 g/mol. The van der Waals surface area contributed by atoms with Crippen molar-refractivity contribution in [2.45, 2.75) is 6.42 Å². The highest BCUT2D eigenvalue weighted by Crippen LogP contribution is 2.31. The molecule has 0 aliphatic rings. The molecule has 1 rings (SSSR count). The largest absolute Gasteiger partial charge is 0.395 e. The monoisotopic (exact) mass is 239 g/mol. The molecule has 0 atom stereocenters. The molecule has 74 valence electrons. The van der Waals surface area contributed by atoms with Gasteiger partial charge >= 0.3 is 0 Å². The van der Waals surface area contributed by atoms with Gasteiger partial charge in [0.1, 0.15) is 0 Å². The molecule has 0 fully saturated rings. The summed E-state index contributed by atoms with van der Waals surface area (Å²) in [5.41, 5.74) is 1.07. The lowest BCUT2D eigenvalue weighted by Gasteiger charge is -2.00. The van der Waals surface area contributed by atoms with Crippen molar-refractivity contribution in [1.82, 2.24) is 5.32 Å². The van der Waals surface area contributed by atoms with Gasteiger partial charge in [-0.2, -0.15) is 0 Å². The van der Waals surface area contributed by atoms with Crippen LogP contribution in [0, 0.1) is 0 Å². The summed E-state index contributed by atoms with van der Waals surface area (Å²) in [6, 6.07) is 1.88. The van der Waals surface area contributed by atoms with Crippen molar-refractivity contribution >= 4 is 34.5 Å². The van der Waals surface area contributed by atoms with Crippen LogP contribution in [0.3, 0.4) is 0 Å². The number of thiophene rings is 1. The highest BCUT2D eigenvalue weighted by molar-refractivity contribution is 7.20. The fraction of sp³-hybridized carbons (Fsp3) is 0.500. The molecule has 2 N–H and O–H groups in total. The normalized spacial score (nSPS) is 10.7. The number of aliphatic hydroxyl groups is 1. The molecular formula is C8H11Cl2NOS. The Morgan fingerprint density at radius 2 is 2.15 bits per heavy atom. The average Bonchev–Trinajstić information content (AvgIpc) is 2.39. The van der Waals surface area contributed by atoms with Crippen LogP contribution in [0.15, 0.2) is 6.07 Å². The zero-order chi connectivity index (χ0) is 9.68. The summed E-state index contributed by atoms with van der Waals surface area (Å²) in [5, 5.41) is 11.6. The van der Waals surface area contributed by atoms with Gasteiger partial charge in [0.25, 0.3) is 0 Å². The molecule has 0 amide bonds. The fourth-order valence-electron chi connectivity index (χ4n) is 0.972. The second kappa shape index (κ2) is 5.83. The third kappa shape index (κ3) is 3.83. The van der Waals surface area contributed by atoms with Gasteiger partial charge in [0.2, 0.25) is 0 Å². The van der Waals surface area contributed by atoms with Gasteiger partial charge in [-0.15, -0.1) is 11.3 Å². The van der Waals surface area contributed by atoms with E-state index in [1.165, 1.54) is 11.3 Å². The van der Waals surface area contributed by atoms with Crippen LogP contribution in [0.1, 0.15) is 5.56 Å². The number of halogens is 2. The number of hydrogen-bond donors (Lipinski definition) is 2. The molecule has 0 spiro atoms. The van der Waals surface area contributed by atoms with Gasteiger partial charge in [0, 0.05) is 6.54 Å². The molecule has 13 heavy (non-hydrogen) atoms. The molecule has 0 radical (unpaired) electrons. The molecule has 0 aromatic carbocycles. The quantitative estimate of drug-likeness (QED) is 0.773. The lowest BCUT2D eigenvalue weighted by Crippen LogP contribution is -2.20. The Hall–Kier alpha value is 0.200. The first-order valence-electron chi connectivity index (χ1n) is 3.99. The van der Waals surface area contributed by atoms with Crippen molar-refractivity contribution in [3.63, 3.8) is 0 Å². The molecule has 1 aromatic rings. The summed E-state index contributed by atoms with van der Waals surface area (Å²) >= 11 is 13.1. The third-order valence-corrected chi connectivity index (χ3v) is 3.16. The van der Waals surface area contributed by atoms with Gasteiger partial charge in [-0.25, -0.2) is 0 Å². The van der Waals surface area contributed by atoms with E-state index in [0.29, 0.717) is 6.54 Å². The van der Waals surface area contributed by atoms with E-state index in [0.717, 1.165) is 27.2 Å². The smallest absolute Gasteiger partial charge is 0.0976 e. The minimum absolute atomic E-state index is 0.165. The standard InChI is InChI=1S/C8H11Cl2NOS/c9-7-5-6(8(10)13-7)1-2-11-3-4-12/h5,11-12H,1-4H2. The lowest BCUT2D eigenvalue weighted by molar-refractivity contribution is 0.293. The second-order valence-electron chi connectivity index (χ2n) is 2.57. The number of aliphatic hydroxyl groups excluding tert-OH is 1. The van der Waals surface area contributed by atoms with Gasteiger partial charge < -0.3 is 10.4 Å². The van der Waals surface area contributed by atoms with E-state index in [4.69, 9.17) is 28.3 Å². The number of rotatable bonds is 5. The topological polar surface area (TPSA) is 32.3 Å². The summed E-state index contributed by atoms with van der Waals surface area (Å²) in [4.78, 5) is 0. The molecule has 0 unspecified atom stereocenters. The Balaban J connectivity index is 2.32. The number of nitrogens with one attached hydrogen (secondary N) is 1. The van der Waals surface area contributed by atoms with E-state index in [2.05, 4.69) is 5.32 Å². The maximum Gasteiger partial charge on any atom is 0.0976 e. The summed E-state index contributed by atoms with van der Waals surface area (Å²) in [5.74, 6) is 0. The predicted molar refractivity (Wildman–Crippen MR) is 58.0 cm³/mol.